The summed E-state index contributed by atoms with van der Waals surface area (Å²) in [6, 6.07) is 11.3. The summed E-state index contributed by atoms with van der Waals surface area (Å²) >= 11 is 0. The molecule has 0 saturated carbocycles. The molecule has 0 spiro atoms. The summed E-state index contributed by atoms with van der Waals surface area (Å²) in [6.45, 7) is -1.03. The van der Waals surface area contributed by atoms with Crippen molar-refractivity contribution in [2.45, 2.75) is 74.1 Å². The van der Waals surface area contributed by atoms with Gasteiger partial charge in [-0.05, 0) is 47.0 Å². The molecule has 0 aliphatic carbocycles. The van der Waals surface area contributed by atoms with Gasteiger partial charge in [-0.3, -0.25) is 4.79 Å². The Hall–Kier alpha value is -2.49. The maximum absolute atomic E-state index is 12.7. The predicted molar refractivity (Wildman–Crippen MR) is 140 cm³/mol. The van der Waals surface area contributed by atoms with Gasteiger partial charge in [0.2, 0.25) is 0 Å². The Morgan fingerprint density at radius 1 is 0.850 bits per heavy atom. The minimum absolute atomic E-state index is 0.0633. The largest absolute Gasteiger partial charge is 0.497 e. The average molecular weight is 565 g/mol. The summed E-state index contributed by atoms with van der Waals surface area (Å²) in [5.74, 6) is 0.342. The molecule has 12 nitrogen and oxygen atoms in total. The van der Waals surface area contributed by atoms with E-state index in [2.05, 4.69) is 0 Å². The molecule has 0 aromatic heterocycles. The maximum Gasteiger partial charge on any atom is 0.187 e. The second-order valence-corrected chi connectivity index (χ2v) is 9.98. The molecule has 2 saturated heterocycles. The van der Waals surface area contributed by atoms with Crippen molar-refractivity contribution in [1.29, 1.82) is 0 Å². The number of ether oxygens (including phenoxy) is 4. The van der Waals surface area contributed by atoms with Crippen molar-refractivity contribution in [3.8, 4) is 5.75 Å². The number of carbonyl (C=O) groups excluding carboxylic acids is 1. The number of fused-ring (bicyclic) bond motifs is 1. The van der Waals surface area contributed by atoms with Crippen molar-refractivity contribution in [3.05, 3.63) is 48.0 Å². The number of aliphatic hydroxyl groups excluding tert-OH is 7. The summed E-state index contributed by atoms with van der Waals surface area (Å²) in [7, 11) is 1.59. The molecule has 4 rings (SSSR count). The molecule has 2 fully saturated rings. The molecular formula is C28H36O12. The molecular weight excluding hydrogens is 528 g/mol. The molecule has 2 aliphatic rings. The summed E-state index contributed by atoms with van der Waals surface area (Å²) < 4.78 is 22.0. The fourth-order valence-electron chi connectivity index (χ4n) is 4.98. The molecule has 220 valence electrons. The van der Waals surface area contributed by atoms with Gasteiger partial charge >= 0.3 is 0 Å². The number of aliphatic hydroxyl groups is 7. The van der Waals surface area contributed by atoms with Gasteiger partial charge in [0.1, 0.15) is 48.5 Å². The number of allylic oxidation sites excluding steroid dienone is 1. The van der Waals surface area contributed by atoms with Gasteiger partial charge in [-0.1, -0.05) is 24.3 Å². The third-order valence-corrected chi connectivity index (χ3v) is 7.27. The highest BCUT2D eigenvalue weighted by molar-refractivity contribution is 5.95. The Labute approximate surface area is 230 Å². The van der Waals surface area contributed by atoms with Crippen LogP contribution in [0.2, 0.25) is 0 Å². The molecule has 10 atom stereocenters. The summed E-state index contributed by atoms with van der Waals surface area (Å²) in [5, 5.41) is 73.0. The first-order chi connectivity index (χ1) is 19.2. The molecule has 0 unspecified atom stereocenters. The van der Waals surface area contributed by atoms with E-state index in [-0.39, 0.29) is 19.4 Å². The highest BCUT2D eigenvalue weighted by Gasteiger charge is 2.50. The zero-order valence-corrected chi connectivity index (χ0v) is 21.9. The third kappa shape index (κ3) is 6.69. The molecule has 7 N–H and O–H groups in total. The number of hydrogen-bond donors (Lipinski definition) is 7. The van der Waals surface area contributed by atoms with Crippen LogP contribution in [-0.4, -0.2) is 123 Å². The summed E-state index contributed by atoms with van der Waals surface area (Å²) in [5.41, 5.74) is 0.774. The lowest BCUT2D eigenvalue weighted by atomic mass is 9.91. The van der Waals surface area contributed by atoms with Crippen molar-refractivity contribution in [2.75, 3.05) is 20.3 Å². The minimum Gasteiger partial charge on any atom is -0.497 e. The van der Waals surface area contributed by atoms with Crippen molar-refractivity contribution in [2.24, 2.45) is 0 Å². The lowest BCUT2D eigenvalue weighted by molar-refractivity contribution is -0.340. The van der Waals surface area contributed by atoms with Crippen LogP contribution in [0.4, 0.5) is 0 Å². The maximum atomic E-state index is 12.7. The first-order valence-corrected chi connectivity index (χ1v) is 13.0. The molecule has 2 aliphatic heterocycles. The van der Waals surface area contributed by atoms with Gasteiger partial charge in [0.05, 0.1) is 25.9 Å². The molecule has 2 heterocycles. The Bertz CT molecular complexity index is 1170. The standard InChI is InChI=1S/C28H36O12/c1-37-18-7-5-15-10-14(2-4-16(15)11-18)3-6-17(31)12-20-23(33)25(35)27(21(13-30)38-20)40-28-26(36)24(34)22(32)19(39-28)8-9-29/h2-7,10-11,19-30,32-36H,8-9,12-13H2,1H3/b6-3+/t19-,20+,21-,22-,23+,24+,25-,26-,27-,28+/m1/s1. The smallest absolute Gasteiger partial charge is 0.187 e. The van der Waals surface area contributed by atoms with Crippen LogP contribution in [0.15, 0.2) is 42.5 Å². The van der Waals surface area contributed by atoms with Gasteiger partial charge in [-0.2, -0.15) is 0 Å². The molecule has 0 radical (unpaired) electrons. The number of carbonyl (C=O) groups is 1. The third-order valence-electron chi connectivity index (χ3n) is 7.27. The number of rotatable bonds is 10. The van der Waals surface area contributed by atoms with Crippen LogP contribution in [0.3, 0.4) is 0 Å². The van der Waals surface area contributed by atoms with Crippen LogP contribution >= 0.6 is 0 Å². The Balaban J connectivity index is 1.39. The van der Waals surface area contributed by atoms with E-state index in [4.69, 9.17) is 18.9 Å². The van der Waals surface area contributed by atoms with Crippen LogP contribution in [0, 0.1) is 0 Å². The Morgan fingerprint density at radius 2 is 1.55 bits per heavy atom. The molecule has 12 heteroatoms. The first kappa shape index (κ1) is 30.5. The van der Waals surface area contributed by atoms with Gasteiger partial charge < -0.3 is 54.7 Å². The van der Waals surface area contributed by atoms with E-state index in [1.807, 2.05) is 36.4 Å². The normalized spacial score (nSPS) is 34.8. The second kappa shape index (κ2) is 13.4. The van der Waals surface area contributed by atoms with Crippen molar-refractivity contribution in [1.82, 2.24) is 0 Å². The van der Waals surface area contributed by atoms with Crippen LogP contribution in [-0.2, 0) is 19.0 Å². The van der Waals surface area contributed by atoms with Crippen LogP contribution in [0.1, 0.15) is 18.4 Å². The Morgan fingerprint density at radius 3 is 2.25 bits per heavy atom. The fraction of sp³-hybridized carbons (Fsp3) is 0.536. The van der Waals surface area contributed by atoms with Crippen molar-refractivity contribution < 1.29 is 59.5 Å². The van der Waals surface area contributed by atoms with Crippen LogP contribution < -0.4 is 4.74 Å². The fourth-order valence-corrected chi connectivity index (χ4v) is 4.98. The number of methoxy groups -OCH3 is 1. The van der Waals surface area contributed by atoms with E-state index >= 15 is 0 Å². The molecule has 2 aromatic carbocycles. The summed E-state index contributed by atoms with van der Waals surface area (Å²) in [6.07, 6.45) is -12.0. The lowest BCUT2D eigenvalue weighted by Gasteiger charge is -2.46. The number of ketones is 1. The van der Waals surface area contributed by atoms with Crippen molar-refractivity contribution >= 4 is 22.6 Å². The van der Waals surface area contributed by atoms with Gasteiger partial charge in [-0.15, -0.1) is 0 Å². The molecule has 2 aromatic rings. The van der Waals surface area contributed by atoms with E-state index < -0.39 is 73.6 Å². The highest BCUT2D eigenvalue weighted by Crippen LogP contribution is 2.31. The quantitative estimate of drug-likeness (QED) is 0.172. The number of hydrogen-bond acceptors (Lipinski definition) is 12. The molecule has 40 heavy (non-hydrogen) atoms. The highest BCUT2D eigenvalue weighted by atomic mass is 16.7. The first-order valence-electron chi connectivity index (χ1n) is 13.0. The molecule has 0 bridgehead atoms. The zero-order chi connectivity index (χ0) is 29.0. The second-order valence-electron chi connectivity index (χ2n) is 9.98. The average Bonchev–Trinajstić information content (AvgIpc) is 2.96. The predicted octanol–water partition coefficient (Wildman–Crippen LogP) is -1.12. The number of benzene rings is 2. The van der Waals surface area contributed by atoms with Crippen LogP contribution in [0.25, 0.3) is 16.8 Å². The van der Waals surface area contributed by atoms with Gasteiger partial charge in [0.25, 0.3) is 0 Å². The van der Waals surface area contributed by atoms with E-state index in [0.717, 1.165) is 22.1 Å². The molecule has 0 amide bonds. The van der Waals surface area contributed by atoms with Crippen molar-refractivity contribution in [3.63, 3.8) is 0 Å². The van der Waals surface area contributed by atoms with E-state index in [0.29, 0.717) is 0 Å². The SMILES string of the molecule is COc1ccc2cc(/C=C/C(=O)C[C@@H]3O[C@H](CO)[C@@H](O[C@@H]4O[C@H](CCO)[C@@H](O)[C@H](O)[C@H]4O)[C@H](O)[C@H]3O)ccc2c1. The van der Waals surface area contributed by atoms with Gasteiger partial charge in [0.15, 0.2) is 12.1 Å². The van der Waals surface area contributed by atoms with Crippen LogP contribution in [0.5, 0.6) is 5.75 Å². The summed E-state index contributed by atoms with van der Waals surface area (Å²) in [4.78, 5) is 12.7. The minimum atomic E-state index is -1.73. The monoisotopic (exact) mass is 564 g/mol. The lowest BCUT2D eigenvalue weighted by Crippen LogP contribution is -2.64. The zero-order valence-electron chi connectivity index (χ0n) is 21.9. The van der Waals surface area contributed by atoms with E-state index in [9.17, 15) is 40.5 Å². The van der Waals surface area contributed by atoms with E-state index in [1.165, 1.54) is 6.08 Å². The van der Waals surface area contributed by atoms with Gasteiger partial charge in [-0.25, -0.2) is 0 Å². The van der Waals surface area contributed by atoms with E-state index in [1.54, 1.807) is 13.2 Å². The van der Waals surface area contributed by atoms with Gasteiger partial charge in [0, 0.05) is 13.0 Å². The Kier molecular flexibility index (Phi) is 10.2. The topological polar surface area (TPSA) is 196 Å².